The summed E-state index contributed by atoms with van der Waals surface area (Å²) in [4.78, 5) is 0. The van der Waals surface area contributed by atoms with Crippen LogP contribution >= 0.6 is 0 Å². The van der Waals surface area contributed by atoms with Crippen molar-refractivity contribution in [3.8, 4) is 0 Å². The molecule has 0 aliphatic rings. The quantitative estimate of drug-likeness (QED) is 0.434. The standard InChI is InChI=1S/C18H38O/c1-6-7-8-9-10-11-12-13-18(19,14-16(2)3)15-17(4)5/h16-17,19H,6-15H2,1-5H3. The SMILES string of the molecule is CCCCCCCCCC(O)(CC(C)C)CC(C)C. The van der Waals surface area contributed by atoms with E-state index in [9.17, 15) is 5.11 Å². The molecular weight excluding hydrogens is 232 g/mol. The molecule has 1 N–H and O–H groups in total. The molecule has 0 aromatic carbocycles. The van der Waals surface area contributed by atoms with Crippen LogP contribution in [0.25, 0.3) is 0 Å². The topological polar surface area (TPSA) is 20.2 Å². The number of rotatable bonds is 12. The van der Waals surface area contributed by atoms with E-state index < -0.39 is 5.60 Å². The van der Waals surface area contributed by atoms with Gasteiger partial charge in [-0.15, -0.1) is 0 Å². The van der Waals surface area contributed by atoms with Crippen molar-refractivity contribution in [2.45, 2.75) is 104 Å². The Kier molecular flexibility index (Phi) is 10.7. The highest BCUT2D eigenvalue weighted by molar-refractivity contribution is 4.81. The second-order valence-electron chi connectivity index (χ2n) is 7.29. The summed E-state index contributed by atoms with van der Waals surface area (Å²) in [7, 11) is 0. The first kappa shape index (κ1) is 19.0. The van der Waals surface area contributed by atoms with Gasteiger partial charge in [-0.05, 0) is 31.1 Å². The molecule has 0 saturated heterocycles. The van der Waals surface area contributed by atoms with Crippen LogP contribution in [-0.2, 0) is 0 Å². The summed E-state index contributed by atoms with van der Waals surface area (Å²) in [6.45, 7) is 11.1. The zero-order valence-corrected chi connectivity index (χ0v) is 14.2. The van der Waals surface area contributed by atoms with Crippen molar-refractivity contribution in [2.24, 2.45) is 11.8 Å². The monoisotopic (exact) mass is 270 g/mol. The Labute approximate surface area is 122 Å². The Bertz CT molecular complexity index is 186. The Morgan fingerprint density at radius 3 is 1.58 bits per heavy atom. The number of hydrogen-bond acceptors (Lipinski definition) is 1. The average Bonchev–Trinajstić information content (AvgIpc) is 2.25. The van der Waals surface area contributed by atoms with Gasteiger partial charge in [-0.2, -0.15) is 0 Å². The van der Waals surface area contributed by atoms with Gasteiger partial charge in [-0.1, -0.05) is 79.6 Å². The molecule has 116 valence electrons. The molecule has 0 atom stereocenters. The van der Waals surface area contributed by atoms with Gasteiger partial charge in [0.1, 0.15) is 0 Å². The van der Waals surface area contributed by atoms with Crippen LogP contribution in [0.1, 0.15) is 98.8 Å². The van der Waals surface area contributed by atoms with Gasteiger partial charge in [0.15, 0.2) is 0 Å². The van der Waals surface area contributed by atoms with Crippen molar-refractivity contribution in [3.05, 3.63) is 0 Å². The van der Waals surface area contributed by atoms with Crippen LogP contribution in [0.5, 0.6) is 0 Å². The minimum absolute atomic E-state index is 0.411. The molecule has 0 aromatic heterocycles. The Hall–Kier alpha value is -0.0400. The molecule has 0 rings (SSSR count). The van der Waals surface area contributed by atoms with Crippen molar-refractivity contribution in [3.63, 3.8) is 0 Å². The molecule has 0 aromatic rings. The maximum atomic E-state index is 10.8. The minimum atomic E-state index is -0.411. The maximum absolute atomic E-state index is 10.8. The van der Waals surface area contributed by atoms with Crippen molar-refractivity contribution in [1.82, 2.24) is 0 Å². The third-order valence-electron chi connectivity index (χ3n) is 3.82. The molecule has 19 heavy (non-hydrogen) atoms. The predicted molar refractivity (Wildman–Crippen MR) is 86.5 cm³/mol. The summed E-state index contributed by atoms with van der Waals surface area (Å²) in [5, 5.41) is 10.8. The zero-order chi connectivity index (χ0) is 14.7. The third kappa shape index (κ3) is 11.5. The van der Waals surface area contributed by atoms with Gasteiger partial charge >= 0.3 is 0 Å². The third-order valence-corrected chi connectivity index (χ3v) is 3.82. The fraction of sp³-hybridized carbons (Fsp3) is 1.00. The lowest BCUT2D eigenvalue weighted by Crippen LogP contribution is -2.32. The van der Waals surface area contributed by atoms with Crippen LogP contribution in [-0.4, -0.2) is 10.7 Å². The highest BCUT2D eigenvalue weighted by Gasteiger charge is 2.28. The van der Waals surface area contributed by atoms with Crippen LogP contribution < -0.4 is 0 Å². The summed E-state index contributed by atoms with van der Waals surface area (Å²) in [6.07, 6.45) is 12.2. The Balaban J connectivity index is 3.86. The van der Waals surface area contributed by atoms with Crippen LogP contribution in [0.4, 0.5) is 0 Å². The van der Waals surface area contributed by atoms with Gasteiger partial charge in [-0.3, -0.25) is 0 Å². The van der Waals surface area contributed by atoms with E-state index in [2.05, 4.69) is 34.6 Å². The second kappa shape index (κ2) is 10.7. The van der Waals surface area contributed by atoms with Crippen LogP contribution in [0.15, 0.2) is 0 Å². The van der Waals surface area contributed by atoms with E-state index in [0.717, 1.165) is 19.3 Å². The summed E-state index contributed by atoms with van der Waals surface area (Å²) in [5.74, 6) is 1.18. The molecule has 0 spiro atoms. The summed E-state index contributed by atoms with van der Waals surface area (Å²) in [6, 6.07) is 0. The minimum Gasteiger partial charge on any atom is -0.390 e. The van der Waals surface area contributed by atoms with E-state index in [1.807, 2.05) is 0 Å². The summed E-state index contributed by atoms with van der Waals surface area (Å²) >= 11 is 0. The molecule has 1 nitrogen and oxygen atoms in total. The van der Waals surface area contributed by atoms with Gasteiger partial charge in [0, 0.05) is 0 Å². The Morgan fingerprint density at radius 2 is 1.16 bits per heavy atom. The van der Waals surface area contributed by atoms with Gasteiger partial charge in [-0.25, -0.2) is 0 Å². The van der Waals surface area contributed by atoms with Crippen molar-refractivity contribution < 1.29 is 5.11 Å². The first-order valence-corrected chi connectivity index (χ1v) is 8.62. The highest BCUT2D eigenvalue weighted by atomic mass is 16.3. The second-order valence-corrected chi connectivity index (χ2v) is 7.29. The van der Waals surface area contributed by atoms with Gasteiger partial charge < -0.3 is 5.11 Å². The van der Waals surface area contributed by atoms with E-state index in [4.69, 9.17) is 0 Å². The molecule has 0 amide bonds. The number of hydrogen-bond donors (Lipinski definition) is 1. The molecule has 0 bridgehead atoms. The zero-order valence-electron chi connectivity index (χ0n) is 14.2. The maximum Gasteiger partial charge on any atom is 0.0652 e. The van der Waals surface area contributed by atoms with E-state index in [-0.39, 0.29) is 0 Å². The summed E-state index contributed by atoms with van der Waals surface area (Å²) in [5.41, 5.74) is -0.411. The van der Waals surface area contributed by atoms with E-state index in [1.165, 1.54) is 44.9 Å². The average molecular weight is 271 g/mol. The fourth-order valence-corrected chi connectivity index (χ4v) is 3.22. The first-order valence-electron chi connectivity index (χ1n) is 8.62. The molecule has 0 unspecified atom stereocenters. The van der Waals surface area contributed by atoms with E-state index in [1.54, 1.807) is 0 Å². The van der Waals surface area contributed by atoms with E-state index >= 15 is 0 Å². The van der Waals surface area contributed by atoms with E-state index in [0.29, 0.717) is 11.8 Å². The van der Waals surface area contributed by atoms with Gasteiger partial charge in [0.2, 0.25) is 0 Å². The molecule has 0 aliphatic carbocycles. The normalized spacial score (nSPS) is 12.6. The fourth-order valence-electron chi connectivity index (χ4n) is 3.22. The Morgan fingerprint density at radius 1 is 0.737 bits per heavy atom. The lowest BCUT2D eigenvalue weighted by molar-refractivity contribution is -0.00947. The smallest absolute Gasteiger partial charge is 0.0652 e. The van der Waals surface area contributed by atoms with Crippen molar-refractivity contribution in [1.29, 1.82) is 0 Å². The highest BCUT2D eigenvalue weighted by Crippen LogP contribution is 2.30. The predicted octanol–water partition coefficient (Wildman–Crippen LogP) is 5.95. The number of aliphatic hydroxyl groups is 1. The molecule has 0 fully saturated rings. The molecular formula is C18H38O. The van der Waals surface area contributed by atoms with Gasteiger partial charge in [0.05, 0.1) is 5.60 Å². The molecule has 1 heteroatoms. The molecule has 0 radical (unpaired) electrons. The molecule has 0 aliphatic heterocycles. The lowest BCUT2D eigenvalue weighted by atomic mass is 9.81. The molecule has 0 saturated carbocycles. The largest absolute Gasteiger partial charge is 0.390 e. The van der Waals surface area contributed by atoms with Crippen LogP contribution in [0, 0.1) is 11.8 Å². The lowest BCUT2D eigenvalue weighted by Gasteiger charge is -2.31. The summed E-state index contributed by atoms with van der Waals surface area (Å²) < 4.78 is 0. The van der Waals surface area contributed by atoms with Crippen LogP contribution in [0.3, 0.4) is 0 Å². The van der Waals surface area contributed by atoms with Gasteiger partial charge in [0.25, 0.3) is 0 Å². The van der Waals surface area contributed by atoms with Crippen molar-refractivity contribution >= 4 is 0 Å². The van der Waals surface area contributed by atoms with Crippen molar-refractivity contribution in [2.75, 3.05) is 0 Å². The first-order chi connectivity index (χ1) is 8.89. The van der Waals surface area contributed by atoms with Crippen LogP contribution in [0.2, 0.25) is 0 Å². The molecule has 0 heterocycles. The number of unbranched alkanes of at least 4 members (excludes halogenated alkanes) is 6.